The van der Waals surface area contributed by atoms with Crippen LogP contribution in [0.4, 0.5) is 11.4 Å². The molecule has 136 valence electrons. The second-order valence-electron chi connectivity index (χ2n) is 7.43. The SMILES string of the molecule is Cc1cccc(CC(=O)Nc2ccc3c(c2)N(C)C(=O)C(C)(C)CO3)c1. The lowest BCUT2D eigenvalue weighted by atomic mass is 9.93. The number of carbonyl (C=O) groups is 2. The maximum Gasteiger partial charge on any atom is 0.235 e. The average molecular weight is 352 g/mol. The molecule has 1 heterocycles. The van der Waals surface area contributed by atoms with Gasteiger partial charge in [0.25, 0.3) is 0 Å². The summed E-state index contributed by atoms with van der Waals surface area (Å²) in [4.78, 5) is 26.5. The van der Waals surface area contributed by atoms with Crippen molar-refractivity contribution >= 4 is 23.2 Å². The van der Waals surface area contributed by atoms with Gasteiger partial charge in [-0.2, -0.15) is 0 Å². The van der Waals surface area contributed by atoms with Crippen LogP contribution in [0.25, 0.3) is 0 Å². The first-order valence-electron chi connectivity index (χ1n) is 8.67. The van der Waals surface area contributed by atoms with Crippen LogP contribution in [0.2, 0.25) is 0 Å². The topological polar surface area (TPSA) is 58.6 Å². The molecular formula is C21H24N2O3. The number of carbonyl (C=O) groups excluding carboxylic acids is 2. The Hall–Kier alpha value is -2.82. The van der Waals surface area contributed by atoms with E-state index in [9.17, 15) is 9.59 Å². The van der Waals surface area contributed by atoms with E-state index in [0.29, 0.717) is 30.2 Å². The minimum atomic E-state index is -0.595. The maximum atomic E-state index is 12.6. The van der Waals surface area contributed by atoms with Crippen molar-refractivity contribution < 1.29 is 14.3 Å². The van der Waals surface area contributed by atoms with Gasteiger partial charge < -0.3 is 15.0 Å². The Bertz CT molecular complexity index is 858. The summed E-state index contributed by atoms with van der Waals surface area (Å²) >= 11 is 0. The molecule has 0 bridgehead atoms. The van der Waals surface area contributed by atoms with Gasteiger partial charge in [0.05, 0.1) is 17.5 Å². The van der Waals surface area contributed by atoms with Crippen molar-refractivity contribution in [1.82, 2.24) is 0 Å². The number of hydrogen-bond donors (Lipinski definition) is 1. The van der Waals surface area contributed by atoms with Crippen LogP contribution in [0.1, 0.15) is 25.0 Å². The lowest BCUT2D eigenvalue weighted by molar-refractivity contribution is -0.127. The van der Waals surface area contributed by atoms with Crippen molar-refractivity contribution in [3.63, 3.8) is 0 Å². The van der Waals surface area contributed by atoms with Crippen molar-refractivity contribution in [3.8, 4) is 5.75 Å². The Labute approximate surface area is 154 Å². The number of hydrogen-bond acceptors (Lipinski definition) is 3. The van der Waals surface area contributed by atoms with Crippen molar-refractivity contribution in [2.45, 2.75) is 27.2 Å². The molecule has 1 aliphatic rings. The minimum absolute atomic E-state index is 0.0144. The third-order valence-electron chi connectivity index (χ3n) is 4.52. The Balaban J connectivity index is 1.78. The van der Waals surface area contributed by atoms with Crippen LogP contribution in [0, 0.1) is 12.3 Å². The smallest absolute Gasteiger partial charge is 0.235 e. The van der Waals surface area contributed by atoms with E-state index in [-0.39, 0.29) is 11.8 Å². The highest BCUT2D eigenvalue weighted by Gasteiger charge is 2.36. The second-order valence-corrected chi connectivity index (χ2v) is 7.43. The van der Waals surface area contributed by atoms with Crippen molar-refractivity contribution in [2.75, 3.05) is 23.9 Å². The maximum absolute atomic E-state index is 12.6. The molecule has 0 aliphatic carbocycles. The van der Waals surface area contributed by atoms with Gasteiger partial charge in [0, 0.05) is 12.7 Å². The van der Waals surface area contributed by atoms with Gasteiger partial charge in [-0.15, -0.1) is 0 Å². The summed E-state index contributed by atoms with van der Waals surface area (Å²) in [7, 11) is 1.73. The molecule has 2 aromatic rings. The van der Waals surface area contributed by atoms with Crippen LogP contribution in [-0.2, 0) is 16.0 Å². The average Bonchev–Trinajstić information content (AvgIpc) is 2.66. The Morgan fingerprint density at radius 2 is 2.00 bits per heavy atom. The van der Waals surface area contributed by atoms with Gasteiger partial charge in [-0.1, -0.05) is 29.8 Å². The van der Waals surface area contributed by atoms with E-state index < -0.39 is 5.41 Å². The van der Waals surface area contributed by atoms with E-state index in [1.807, 2.05) is 45.0 Å². The normalized spacial score (nSPS) is 15.7. The Morgan fingerprint density at radius 3 is 2.73 bits per heavy atom. The molecule has 5 nitrogen and oxygen atoms in total. The molecular weight excluding hydrogens is 328 g/mol. The van der Waals surface area contributed by atoms with Crippen LogP contribution >= 0.6 is 0 Å². The highest BCUT2D eigenvalue weighted by atomic mass is 16.5. The van der Waals surface area contributed by atoms with Crippen LogP contribution < -0.4 is 15.0 Å². The highest BCUT2D eigenvalue weighted by molar-refractivity contribution is 6.00. The Morgan fingerprint density at radius 1 is 1.23 bits per heavy atom. The van der Waals surface area contributed by atoms with E-state index in [1.54, 1.807) is 30.1 Å². The van der Waals surface area contributed by atoms with Gasteiger partial charge in [-0.25, -0.2) is 0 Å². The quantitative estimate of drug-likeness (QED) is 0.919. The van der Waals surface area contributed by atoms with Crippen LogP contribution in [0.3, 0.4) is 0 Å². The number of aryl methyl sites for hydroxylation is 1. The molecule has 0 unspecified atom stereocenters. The molecule has 0 spiro atoms. The van der Waals surface area contributed by atoms with Crippen LogP contribution in [0.5, 0.6) is 5.75 Å². The van der Waals surface area contributed by atoms with Crippen molar-refractivity contribution in [2.24, 2.45) is 5.41 Å². The van der Waals surface area contributed by atoms with E-state index in [0.717, 1.165) is 11.1 Å². The molecule has 26 heavy (non-hydrogen) atoms. The molecule has 1 aliphatic heterocycles. The summed E-state index contributed by atoms with van der Waals surface area (Å²) in [6, 6.07) is 13.3. The number of benzene rings is 2. The summed E-state index contributed by atoms with van der Waals surface area (Å²) in [5.74, 6) is 0.530. The van der Waals surface area contributed by atoms with Gasteiger partial charge in [0.15, 0.2) is 0 Å². The number of nitrogens with zero attached hydrogens (tertiary/aromatic N) is 1. The predicted octanol–water partition coefficient (Wildman–Crippen LogP) is 3.56. The van der Waals surface area contributed by atoms with Gasteiger partial charge in [-0.05, 0) is 44.5 Å². The van der Waals surface area contributed by atoms with Crippen molar-refractivity contribution in [3.05, 3.63) is 53.6 Å². The van der Waals surface area contributed by atoms with Gasteiger partial charge >= 0.3 is 0 Å². The zero-order valence-corrected chi connectivity index (χ0v) is 15.6. The molecule has 5 heteroatoms. The zero-order valence-electron chi connectivity index (χ0n) is 15.6. The van der Waals surface area contributed by atoms with E-state index in [4.69, 9.17) is 4.74 Å². The molecule has 2 aromatic carbocycles. The summed E-state index contributed by atoms with van der Waals surface area (Å²) in [6.45, 7) is 6.05. The zero-order chi connectivity index (χ0) is 18.9. The molecule has 1 N–H and O–H groups in total. The van der Waals surface area contributed by atoms with E-state index in [2.05, 4.69) is 5.32 Å². The number of fused-ring (bicyclic) bond motifs is 1. The molecule has 0 fully saturated rings. The van der Waals surface area contributed by atoms with Crippen LogP contribution in [-0.4, -0.2) is 25.5 Å². The predicted molar refractivity (Wildman–Crippen MR) is 103 cm³/mol. The first-order chi connectivity index (χ1) is 12.3. The fraction of sp³-hybridized carbons (Fsp3) is 0.333. The standard InChI is InChI=1S/C21H24N2O3/c1-14-6-5-7-15(10-14)11-19(24)22-16-8-9-18-17(12-16)23(4)20(25)21(2,3)13-26-18/h5-10,12H,11,13H2,1-4H3,(H,22,24). The number of anilines is 2. The molecule has 2 amide bonds. The van der Waals surface area contributed by atoms with Gasteiger partial charge in [0.2, 0.25) is 11.8 Å². The lowest BCUT2D eigenvalue weighted by Gasteiger charge is -2.24. The monoisotopic (exact) mass is 352 g/mol. The summed E-state index contributed by atoms with van der Waals surface area (Å²) in [5, 5.41) is 2.90. The summed E-state index contributed by atoms with van der Waals surface area (Å²) < 4.78 is 5.80. The van der Waals surface area contributed by atoms with E-state index >= 15 is 0 Å². The summed E-state index contributed by atoms with van der Waals surface area (Å²) in [6.07, 6.45) is 0.303. The summed E-state index contributed by atoms with van der Waals surface area (Å²) in [5.41, 5.74) is 2.80. The minimum Gasteiger partial charge on any atom is -0.490 e. The molecule has 0 radical (unpaired) electrons. The largest absolute Gasteiger partial charge is 0.490 e. The fourth-order valence-electron chi connectivity index (χ4n) is 3.08. The van der Waals surface area contributed by atoms with Crippen LogP contribution in [0.15, 0.2) is 42.5 Å². The molecule has 0 aromatic heterocycles. The molecule has 0 saturated heterocycles. The number of rotatable bonds is 3. The van der Waals surface area contributed by atoms with Gasteiger partial charge in [0.1, 0.15) is 12.4 Å². The molecule has 3 rings (SSSR count). The lowest BCUT2D eigenvalue weighted by Crippen LogP contribution is -2.39. The Kier molecular flexibility index (Phi) is 4.72. The van der Waals surface area contributed by atoms with E-state index in [1.165, 1.54) is 0 Å². The van der Waals surface area contributed by atoms with Gasteiger partial charge in [-0.3, -0.25) is 9.59 Å². The molecule has 0 saturated carbocycles. The molecule has 0 atom stereocenters. The first kappa shape index (κ1) is 18.0. The third-order valence-corrected chi connectivity index (χ3v) is 4.52. The first-order valence-corrected chi connectivity index (χ1v) is 8.67. The van der Waals surface area contributed by atoms with Crippen molar-refractivity contribution in [1.29, 1.82) is 0 Å². The third kappa shape index (κ3) is 3.72. The number of amides is 2. The number of nitrogens with one attached hydrogen (secondary N) is 1. The highest BCUT2D eigenvalue weighted by Crippen LogP contribution is 2.37. The number of ether oxygens (including phenoxy) is 1. The second kappa shape index (κ2) is 6.83. The fourth-order valence-corrected chi connectivity index (χ4v) is 3.08.